The molecule has 0 saturated heterocycles. The van der Waals surface area contributed by atoms with Gasteiger partial charge in [0, 0.05) is 30.5 Å². The van der Waals surface area contributed by atoms with Crippen LogP contribution in [0, 0.1) is 5.82 Å². The number of rotatable bonds is 4. The van der Waals surface area contributed by atoms with E-state index >= 15 is 0 Å². The summed E-state index contributed by atoms with van der Waals surface area (Å²) in [4.78, 5) is 3.86. The lowest BCUT2D eigenvalue weighted by molar-refractivity contribution is 0.465. The van der Waals surface area contributed by atoms with E-state index in [1.165, 1.54) is 7.05 Å². The Balaban J connectivity index is 2.36. The zero-order chi connectivity index (χ0) is 15.6. The van der Waals surface area contributed by atoms with E-state index in [9.17, 15) is 12.8 Å². The lowest BCUT2D eigenvalue weighted by atomic mass is 10.3. The summed E-state index contributed by atoms with van der Waals surface area (Å²) in [6, 6.07) is 5.64. The lowest BCUT2D eigenvalue weighted by Gasteiger charge is -2.18. The standard InChI is InChI=1S/C13H13BrFN3O2S/c1-18(8-9-3-2-4-17-7-9)21(19,20)13-6-12(16)11(15)5-10(13)14/h2-7H,8,16H2,1H3. The molecule has 0 aliphatic heterocycles. The number of nitrogens with two attached hydrogens (primary N) is 1. The Morgan fingerprint density at radius 1 is 1.43 bits per heavy atom. The van der Waals surface area contributed by atoms with Crippen LogP contribution in [0.15, 0.2) is 46.0 Å². The molecule has 1 aromatic heterocycles. The summed E-state index contributed by atoms with van der Waals surface area (Å²) in [5, 5.41) is 0. The van der Waals surface area contributed by atoms with Gasteiger partial charge in [-0.1, -0.05) is 6.07 Å². The van der Waals surface area contributed by atoms with E-state index < -0.39 is 15.8 Å². The van der Waals surface area contributed by atoms with Crippen molar-refractivity contribution in [3.63, 3.8) is 0 Å². The van der Waals surface area contributed by atoms with Gasteiger partial charge < -0.3 is 5.73 Å². The quantitative estimate of drug-likeness (QED) is 0.834. The van der Waals surface area contributed by atoms with E-state index in [0.717, 1.165) is 22.0 Å². The van der Waals surface area contributed by atoms with Crippen molar-refractivity contribution in [3.8, 4) is 0 Å². The zero-order valence-electron chi connectivity index (χ0n) is 11.1. The molecule has 21 heavy (non-hydrogen) atoms. The number of anilines is 1. The molecule has 0 aliphatic rings. The molecule has 0 aliphatic carbocycles. The lowest BCUT2D eigenvalue weighted by Crippen LogP contribution is -2.27. The number of hydrogen-bond acceptors (Lipinski definition) is 4. The summed E-state index contributed by atoms with van der Waals surface area (Å²) in [5.74, 6) is -0.671. The highest BCUT2D eigenvalue weighted by atomic mass is 79.9. The van der Waals surface area contributed by atoms with Gasteiger partial charge in [0.1, 0.15) is 5.82 Å². The Kier molecular flexibility index (Phi) is 4.60. The molecule has 1 heterocycles. The number of hydrogen-bond donors (Lipinski definition) is 1. The molecule has 8 heteroatoms. The van der Waals surface area contributed by atoms with Gasteiger partial charge in [-0.05, 0) is 39.7 Å². The van der Waals surface area contributed by atoms with Crippen LogP contribution in [-0.2, 0) is 16.6 Å². The van der Waals surface area contributed by atoms with Crippen molar-refractivity contribution in [2.75, 3.05) is 12.8 Å². The summed E-state index contributed by atoms with van der Waals surface area (Å²) in [5.41, 5.74) is 5.98. The van der Waals surface area contributed by atoms with Crippen molar-refractivity contribution in [1.82, 2.24) is 9.29 Å². The van der Waals surface area contributed by atoms with Gasteiger partial charge in [-0.2, -0.15) is 4.31 Å². The highest BCUT2D eigenvalue weighted by Crippen LogP contribution is 2.29. The van der Waals surface area contributed by atoms with Gasteiger partial charge in [0.2, 0.25) is 10.0 Å². The van der Waals surface area contributed by atoms with Crippen LogP contribution < -0.4 is 5.73 Å². The number of halogens is 2. The van der Waals surface area contributed by atoms with Gasteiger partial charge in [0.15, 0.2) is 0 Å². The number of pyridine rings is 1. The minimum Gasteiger partial charge on any atom is -0.396 e. The molecule has 2 rings (SSSR count). The third kappa shape index (κ3) is 3.39. The fourth-order valence-corrected chi connectivity index (χ4v) is 3.91. The second kappa shape index (κ2) is 6.08. The van der Waals surface area contributed by atoms with Crippen LogP contribution in [0.2, 0.25) is 0 Å². The Bertz CT molecular complexity index is 754. The van der Waals surface area contributed by atoms with Crippen LogP contribution in [0.25, 0.3) is 0 Å². The molecule has 5 nitrogen and oxygen atoms in total. The Morgan fingerprint density at radius 2 is 2.14 bits per heavy atom. The van der Waals surface area contributed by atoms with Gasteiger partial charge in [-0.15, -0.1) is 0 Å². The van der Waals surface area contributed by atoms with Crippen LogP contribution in [0.1, 0.15) is 5.56 Å². The Morgan fingerprint density at radius 3 is 2.76 bits per heavy atom. The molecule has 0 spiro atoms. The molecule has 0 atom stereocenters. The second-order valence-electron chi connectivity index (χ2n) is 4.43. The van der Waals surface area contributed by atoms with Gasteiger partial charge >= 0.3 is 0 Å². The molecule has 0 amide bonds. The van der Waals surface area contributed by atoms with E-state index in [-0.39, 0.29) is 21.6 Å². The number of benzene rings is 1. The number of sulfonamides is 1. The average molecular weight is 374 g/mol. The SMILES string of the molecule is CN(Cc1cccnc1)S(=O)(=O)c1cc(N)c(F)cc1Br. The van der Waals surface area contributed by atoms with Crippen molar-refractivity contribution in [1.29, 1.82) is 0 Å². The average Bonchev–Trinajstić information content (AvgIpc) is 2.43. The summed E-state index contributed by atoms with van der Waals surface area (Å²) < 4.78 is 39.6. The fraction of sp³-hybridized carbons (Fsp3) is 0.154. The van der Waals surface area contributed by atoms with Gasteiger partial charge in [0.25, 0.3) is 0 Å². The van der Waals surface area contributed by atoms with Crippen molar-refractivity contribution >= 4 is 31.6 Å². The van der Waals surface area contributed by atoms with Crippen LogP contribution in [0.3, 0.4) is 0 Å². The van der Waals surface area contributed by atoms with E-state index in [4.69, 9.17) is 5.73 Å². The van der Waals surface area contributed by atoms with Crippen LogP contribution in [-0.4, -0.2) is 24.8 Å². The normalized spacial score (nSPS) is 11.8. The molecule has 0 unspecified atom stereocenters. The monoisotopic (exact) mass is 373 g/mol. The maximum Gasteiger partial charge on any atom is 0.244 e. The number of aromatic nitrogens is 1. The zero-order valence-corrected chi connectivity index (χ0v) is 13.5. The summed E-state index contributed by atoms with van der Waals surface area (Å²) in [7, 11) is -2.36. The first kappa shape index (κ1) is 15.9. The maximum atomic E-state index is 13.3. The third-order valence-corrected chi connectivity index (χ3v) is 5.63. The molecular weight excluding hydrogens is 361 g/mol. The summed E-state index contributed by atoms with van der Waals surface area (Å²) in [6.07, 6.45) is 3.19. The smallest absolute Gasteiger partial charge is 0.244 e. The van der Waals surface area contributed by atoms with E-state index in [1.807, 2.05) is 0 Å². The molecule has 0 fully saturated rings. The first-order valence-electron chi connectivity index (χ1n) is 5.92. The third-order valence-electron chi connectivity index (χ3n) is 2.87. The van der Waals surface area contributed by atoms with E-state index in [1.54, 1.807) is 24.5 Å². The first-order chi connectivity index (χ1) is 9.82. The molecule has 2 N–H and O–H groups in total. The van der Waals surface area contributed by atoms with Crippen LogP contribution in [0.4, 0.5) is 10.1 Å². The van der Waals surface area contributed by atoms with Crippen molar-refractivity contribution in [2.24, 2.45) is 0 Å². The van der Waals surface area contributed by atoms with Gasteiger partial charge in [-0.25, -0.2) is 12.8 Å². The topological polar surface area (TPSA) is 76.3 Å². The molecular formula is C13H13BrFN3O2S. The van der Waals surface area contributed by atoms with Gasteiger partial charge in [0.05, 0.1) is 10.6 Å². The van der Waals surface area contributed by atoms with Crippen LogP contribution in [0.5, 0.6) is 0 Å². The number of nitrogens with zero attached hydrogens (tertiary/aromatic N) is 2. The summed E-state index contributed by atoms with van der Waals surface area (Å²) in [6.45, 7) is 0.153. The first-order valence-corrected chi connectivity index (χ1v) is 8.15. The van der Waals surface area contributed by atoms with Crippen molar-refractivity contribution in [3.05, 3.63) is 52.5 Å². The largest absolute Gasteiger partial charge is 0.396 e. The molecule has 0 radical (unpaired) electrons. The van der Waals surface area contributed by atoms with Crippen molar-refractivity contribution < 1.29 is 12.8 Å². The fourth-order valence-electron chi connectivity index (χ4n) is 1.74. The van der Waals surface area contributed by atoms with E-state index in [0.29, 0.717) is 0 Å². The highest BCUT2D eigenvalue weighted by Gasteiger charge is 2.25. The molecule has 1 aromatic carbocycles. The van der Waals surface area contributed by atoms with Crippen LogP contribution >= 0.6 is 15.9 Å². The summed E-state index contributed by atoms with van der Waals surface area (Å²) >= 11 is 3.06. The Labute approximate surface area is 130 Å². The predicted octanol–water partition coefficient (Wildman–Crippen LogP) is 2.39. The Hall–Kier alpha value is -1.51. The molecule has 2 aromatic rings. The second-order valence-corrected chi connectivity index (χ2v) is 7.29. The molecule has 112 valence electrons. The predicted molar refractivity (Wildman–Crippen MR) is 81.4 cm³/mol. The molecule has 0 saturated carbocycles. The number of nitrogen functional groups attached to an aromatic ring is 1. The maximum absolute atomic E-state index is 13.3. The van der Waals surface area contributed by atoms with Gasteiger partial charge in [-0.3, -0.25) is 4.98 Å². The minimum absolute atomic E-state index is 0.0761. The molecule has 0 bridgehead atoms. The highest BCUT2D eigenvalue weighted by molar-refractivity contribution is 9.10. The van der Waals surface area contributed by atoms with E-state index in [2.05, 4.69) is 20.9 Å². The van der Waals surface area contributed by atoms with Crippen molar-refractivity contribution in [2.45, 2.75) is 11.4 Å². The minimum atomic E-state index is -3.80.